The molecule has 0 bridgehead atoms. The maximum absolute atomic E-state index is 14.0. The van der Waals surface area contributed by atoms with Crippen molar-refractivity contribution >= 4 is 45.0 Å². The van der Waals surface area contributed by atoms with E-state index in [-0.39, 0.29) is 30.0 Å². The van der Waals surface area contributed by atoms with E-state index in [9.17, 15) is 19.7 Å². The zero-order chi connectivity index (χ0) is 33.0. The van der Waals surface area contributed by atoms with Crippen LogP contribution in [0.3, 0.4) is 0 Å². The molecule has 0 fully saturated rings. The van der Waals surface area contributed by atoms with E-state index in [1.165, 1.54) is 28.0 Å². The largest absolute Gasteiger partial charge is 0.496 e. The summed E-state index contributed by atoms with van der Waals surface area (Å²) < 4.78 is 25.2. The van der Waals surface area contributed by atoms with Crippen molar-refractivity contribution in [2.24, 2.45) is 4.99 Å². The number of carbonyl (C=O) groups excluding carboxylic acids is 1. The summed E-state index contributed by atoms with van der Waals surface area (Å²) >= 11 is 4.74. The lowest BCUT2D eigenvalue weighted by atomic mass is 9.96. The second-order valence-corrected chi connectivity index (χ2v) is 11.9. The zero-order valence-corrected chi connectivity index (χ0v) is 27.8. The summed E-state index contributed by atoms with van der Waals surface area (Å²) in [4.78, 5) is 42.8. The van der Waals surface area contributed by atoms with E-state index in [0.717, 1.165) is 5.56 Å². The van der Waals surface area contributed by atoms with Crippen LogP contribution in [-0.4, -0.2) is 35.8 Å². The summed E-state index contributed by atoms with van der Waals surface area (Å²) in [5, 5.41) is 10.9. The number of methoxy groups -OCH3 is 1. The van der Waals surface area contributed by atoms with Crippen molar-refractivity contribution in [2.75, 3.05) is 20.3 Å². The Morgan fingerprint density at radius 1 is 1.04 bits per heavy atom. The lowest BCUT2D eigenvalue weighted by Gasteiger charge is -2.25. The van der Waals surface area contributed by atoms with Gasteiger partial charge in [0.2, 0.25) is 0 Å². The molecule has 0 radical (unpaired) electrons. The topological polar surface area (TPSA) is 131 Å². The lowest BCUT2D eigenvalue weighted by molar-refractivity contribution is -0.384. The minimum atomic E-state index is -0.770. The molecular weight excluding hydrogens is 678 g/mol. The van der Waals surface area contributed by atoms with Crippen molar-refractivity contribution in [2.45, 2.75) is 33.4 Å². The van der Waals surface area contributed by atoms with Gasteiger partial charge in [-0.2, -0.15) is 0 Å². The summed E-state index contributed by atoms with van der Waals surface area (Å²) in [6.07, 6.45) is 1.75. The van der Waals surface area contributed by atoms with Gasteiger partial charge in [0.1, 0.15) is 12.4 Å². The molecule has 1 aliphatic heterocycles. The minimum Gasteiger partial charge on any atom is -0.496 e. The number of carbonyl (C=O) groups is 1. The molecular formula is C33H30BrN3O8S. The lowest BCUT2D eigenvalue weighted by Crippen LogP contribution is -2.39. The maximum atomic E-state index is 14.0. The molecule has 0 amide bonds. The van der Waals surface area contributed by atoms with Crippen LogP contribution in [0.5, 0.6) is 17.2 Å². The Morgan fingerprint density at radius 2 is 1.78 bits per heavy atom. The van der Waals surface area contributed by atoms with Crippen LogP contribution in [0.2, 0.25) is 0 Å². The van der Waals surface area contributed by atoms with Crippen molar-refractivity contribution in [1.29, 1.82) is 0 Å². The smallest absolute Gasteiger partial charge is 0.338 e. The van der Waals surface area contributed by atoms with Crippen LogP contribution in [0.1, 0.15) is 43.5 Å². The molecule has 46 heavy (non-hydrogen) atoms. The van der Waals surface area contributed by atoms with Gasteiger partial charge < -0.3 is 18.9 Å². The average Bonchev–Trinajstić information content (AvgIpc) is 3.34. The van der Waals surface area contributed by atoms with E-state index in [2.05, 4.69) is 20.9 Å². The molecule has 4 aromatic rings. The van der Waals surface area contributed by atoms with Crippen molar-refractivity contribution in [3.8, 4) is 17.2 Å². The third-order valence-corrected chi connectivity index (χ3v) is 8.72. The first-order chi connectivity index (χ1) is 22.1. The van der Waals surface area contributed by atoms with Crippen LogP contribution >= 0.6 is 27.3 Å². The minimum absolute atomic E-state index is 0.00357. The molecule has 0 spiro atoms. The molecule has 1 aromatic heterocycles. The van der Waals surface area contributed by atoms with Crippen LogP contribution < -0.4 is 29.1 Å². The Kier molecular flexibility index (Phi) is 10.0. The van der Waals surface area contributed by atoms with Gasteiger partial charge in [-0.3, -0.25) is 19.5 Å². The number of benzene rings is 3. The van der Waals surface area contributed by atoms with Gasteiger partial charge in [0.25, 0.3) is 11.2 Å². The molecule has 3 aromatic carbocycles. The third kappa shape index (κ3) is 6.75. The van der Waals surface area contributed by atoms with Crippen LogP contribution in [-0.2, 0) is 16.1 Å². The monoisotopic (exact) mass is 707 g/mol. The van der Waals surface area contributed by atoms with Crippen LogP contribution in [0, 0.1) is 10.1 Å². The number of ether oxygens (including phenoxy) is 4. The average molecular weight is 709 g/mol. The second kappa shape index (κ2) is 14.1. The zero-order valence-electron chi connectivity index (χ0n) is 25.4. The van der Waals surface area contributed by atoms with Crippen molar-refractivity contribution < 1.29 is 28.7 Å². The van der Waals surface area contributed by atoms with Gasteiger partial charge in [0.15, 0.2) is 16.3 Å². The fraction of sp³-hybridized carbons (Fsp3) is 0.242. The number of halogens is 1. The quantitative estimate of drug-likeness (QED) is 0.114. The predicted octanol–water partition coefficient (Wildman–Crippen LogP) is 5.46. The Morgan fingerprint density at radius 3 is 2.43 bits per heavy atom. The number of aromatic nitrogens is 1. The summed E-state index contributed by atoms with van der Waals surface area (Å²) in [6, 6.07) is 16.1. The Hall–Kier alpha value is -4.75. The van der Waals surface area contributed by atoms with Gasteiger partial charge in [-0.1, -0.05) is 23.5 Å². The SMILES string of the molecule is CCOC(=O)C1=C(C)N=c2s/c(=C/c3ccc(OCc4ccc([N+](=O)[O-])cc4)c(OCC)c3)c(=O)n2[C@@H]1c1ccc(OC)c(Br)c1. The van der Waals surface area contributed by atoms with E-state index in [0.29, 0.717) is 54.5 Å². The van der Waals surface area contributed by atoms with E-state index < -0.39 is 16.9 Å². The molecule has 0 unspecified atom stereocenters. The molecule has 0 saturated heterocycles. The fourth-order valence-electron chi connectivity index (χ4n) is 4.99. The molecule has 2 heterocycles. The van der Waals surface area contributed by atoms with Crippen LogP contribution in [0.4, 0.5) is 5.69 Å². The number of allylic oxidation sites excluding steroid dienone is 1. The molecule has 0 aliphatic carbocycles. The Balaban J connectivity index is 1.53. The molecule has 0 saturated carbocycles. The number of hydrogen-bond donors (Lipinski definition) is 0. The van der Waals surface area contributed by atoms with Crippen molar-refractivity contribution in [1.82, 2.24) is 4.57 Å². The van der Waals surface area contributed by atoms with Crippen LogP contribution in [0.15, 0.2) is 86.2 Å². The fourth-order valence-corrected chi connectivity index (χ4v) is 6.59. The van der Waals surface area contributed by atoms with E-state index in [1.54, 1.807) is 63.4 Å². The van der Waals surface area contributed by atoms with Gasteiger partial charge in [0, 0.05) is 12.1 Å². The number of esters is 1. The maximum Gasteiger partial charge on any atom is 0.338 e. The van der Waals surface area contributed by atoms with Gasteiger partial charge in [-0.05, 0) is 95.9 Å². The first kappa shape index (κ1) is 32.6. The number of nitro benzene ring substituents is 1. The highest BCUT2D eigenvalue weighted by atomic mass is 79.9. The Bertz CT molecular complexity index is 2020. The number of rotatable bonds is 11. The highest BCUT2D eigenvalue weighted by Crippen LogP contribution is 2.35. The summed E-state index contributed by atoms with van der Waals surface area (Å²) in [5.74, 6) is 1.03. The van der Waals surface area contributed by atoms with Gasteiger partial charge in [-0.15, -0.1) is 0 Å². The highest BCUT2D eigenvalue weighted by Gasteiger charge is 2.33. The first-order valence-corrected chi connectivity index (χ1v) is 15.9. The first-order valence-electron chi connectivity index (χ1n) is 14.3. The van der Waals surface area contributed by atoms with Crippen molar-refractivity contribution in [3.63, 3.8) is 0 Å². The van der Waals surface area contributed by atoms with E-state index in [1.807, 2.05) is 19.1 Å². The van der Waals surface area contributed by atoms with Crippen LogP contribution in [0.25, 0.3) is 6.08 Å². The van der Waals surface area contributed by atoms with E-state index >= 15 is 0 Å². The molecule has 1 aliphatic rings. The number of non-ortho nitro benzene ring substituents is 1. The number of thiazole rings is 1. The summed E-state index contributed by atoms with van der Waals surface area (Å²) in [7, 11) is 1.56. The number of nitro groups is 1. The molecule has 11 nitrogen and oxygen atoms in total. The number of hydrogen-bond acceptors (Lipinski definition) is 10. The van der Waals surface area contributed by atoms with E-state index in [4.69, 9.17) is 18.9 Å². The van der Waals surface area contributed by atoms with Crippen molar-refractivity contribution in [3.05, 3.63) is 123 Å². The molecule has 0 N–H and O–H groups in total. The summed E-state index contributed by atoms with van der Waals surface area (Å²) in [6.45, 7) is 6.05. The number of nitrogens with zero attached hydrogens (tertiary/aromatic N) is 3. The Labute approximate surface area is 276 Å². The molecule has 13 heteroatoms. The number of fused-ring (bicyclic) bond motifs is 1. The van der Waals surface area contributed by atoms with Gasteiger partial charge in [-0.25, -0.2) is 9.79 Å². The standard InChI is InChI=1S/C33H30BrN3O8S/c1-5-43-27-15-21(9-13-26(27)45-18-20-7-11-23(12-8-20)37(40)41)16-28-31(38)36-30(22-10-14-25(42-4)24(34)17-22)29(32(39)44-6-2)19(3)35-33(36)46-28/h7-17,30H,5-6,18H2,1-4H3/b28-16+/t30-/m1/s1. The second-order valence-electron chi connectivity index (χ2n) is 10.0. The molecule has 1 atom stereocenters. The summed E-state index contributed by atoms with van der Waals surface area (Å²) in [5.41, 5.74) is 2.58. The third-order valence-electron chi connectivity index (χ3n) is 7.12. The predicted molar refractivity (Wildman–Crippen MR) is 176 cm³/mol. The normalized spacial score (nSPS) is 14.4. The van der Waals surface area contributed by atoms with Gasteiger partial charge >= 0.3 is 5.97 Å². The van der Waals surface area contributed by atoms with Gasteiger partial charge in [0.05, 0.1) is 51.6 Å². The highest BCUT2D eigenvalue weighted by molar-refractivity contribution is 9.10. The molecule has 238 valence electrons. The molecule has 5 rings (SSSR count).